The number of rotatable bonds is 3. The van der Waals surface area contributed by atoms with E-state index in [1.807, 2.05) is 18.2 Å². The maximum atomic E-state index is 12.0. The third-order valence-electron chi connectivity index (χ3n) is 3.67. The van der Waals surface area contributed by atoms with E-state index in [0.717, 1.165) is 4.52 Å². The second-order valence-corrected chi connectivity index (χ2v) is 7.41. The van der Waals surface area contributed by atoms with Gasteiger partial charge in [-0.2, -0.15) is 14.9 Å². The number of aromatic amines is 1. The molecule has 0 aliphatic heterocycles. The molecule has 6 nitrogen and oxygen atoms in total. The average Bonchev–Trinajstić information content (AvgIpc) is 2.96. The lowest BCUT2D eigenvalue weighted by Crippen LogP contribution is -2.19. The molecule has 0 saturated carbocycles. The van der Waals surface area contributed by atoms with Gasteiger partial charge in [0.05, 0.1) is 6.20 Å². The molecular weight excluding hydrogens is 322 g/mol. The first-order valence-corrected chi connectivity index (χ1v) is 8.48. The zero-order valence-electron chi connectivity index (χ0n) is 13.7. The second-order valence-electron chi connectivity index (χ2n) is 6.45. The average molecular weight is 339 g/mol. The molecule has 122 valence electrons. The zero-order valence-corrected chi connectivity index (χ0v) is 14.5. The van der Waals surface area contributed by atoms with E-state index in [4.69, 9.17) is 5.26 Å². The Morgan fingerprint density at radius 1 is 1.33 bits per heavy atom. The van der Waals surface area contributed by atoms with Crippen LogP contribution in [0.3, 0.4) is 0 Å². The van der Waals surface area contributed by atoms with Crippen LogP contribution in [-0.4, -0.2) is 19.6 Å². The Balaban J connectivity index is 1.92. The quantitative estimate of drug-likeness (QED) is 0.741. The molecule has 3 aromatic rings. The molecule has 0 amide bonds. The fourth-order valence-corrected chi connectivity index (χ4v) is 3.39. The third kappa shape index (κ3) is 3.05. The maximum Gasteiger partial charge on any atom is 0.350 e. The standard InChI is InChI=1S/C17H17N5OS/c1-17(2,3)13-7-5-4-6-11(13)10-24-15-20-14-12(8-18)9-19-22(14)16(23)21-15/h4-7,9H,10H2,1-3H3,(H,20,21,23). The van der Waals surface area contributed by atoms with Gasteiger partial charge in [0, 0.05) is 5.75 Å². The van der Waals surface area contributed by atoms with Crippen molar-refractivity contribution in [1.29, 1.82) is 5.26 Å². The molecule has 0 aliphatic carbocycles. The van der Waals surface area contributed by atoms with Gasteiger partial charge in [0.15, 0.2) is 10.8 Å². The van der Waals surface area contributed by atoms with Crippen molar-refractivity contribution in [3.8, 4) is 6.07 Å². The lowest BCUT2D eigenvalue weighted by atomic mass is 9.84. The Morgan fingerprint density at radius 3 is 2.79 bits per heavy atom. The number of fused-ring (bicyclic) bond motifs is 1. The Labute approximate surface area is 143 Å². The number of nitrogens with zero attached hydrogens (tertiary/aromatic N) is 4. The highest BCUT2D eigenvalue weighted by molar-refractivity contribution is 7.98. The van der Waals surface area contributed by atoms with Crippen LogP contribution in [-0.2, 0) is 11.2 Å². The van der Waals surface area contributed by atoms with Gasteiger partial charge in [0.25, 0.3) is 0 Å². The predicted octanol–water partition coefficient (Wildman–Crippen LogP) is 2.88. The van der Waals surface area contributed by atoms with Gasteiger partial charge in [-0.25, -0.2) is 9.78 Å². The van der Waals surface area contributed by atoms with Crippen LogP contribution in [0.25, 0.3) is 5.65 Å². The van der Waals surface area contributed by atoms with Crippen LogP contribution in [0.1, 0.15) is 37.5 Å². The molecule has 0 spiro atoms. The molecule has 0 saturated heterocycles. The van der Waals surface area contributed by atoms with Crippen LogP contribution >= 0.6 is 11.8 Å². The molecule has 0 unspecified atom stereocenters. The summed E-state index contributed by atoms with van der Waals surface area (Å²) in [4.78, 5) is 19.1. The summed E-state index contributed by atoms with van der Waals surface area (Å²) < 4.78 is 1.10. The highest BCUT2D eigenvalue weighted by atomic mass is 32.2. The largest absolute Gasteiger partial charge is 0.350 e. The zero-order chi connectivity index (χ0) is 17.3. The first kappa shape index (κ1) is 16.3. The summed E-state index contributed by atoms with van der Waals surface area (Å²) in [5.41, 5.74) is 2.69. The van der Waals surface area contributed by atoms with Crippen molar-refractivity contribution in [2.24, 2.45) is 0 Å². The maximum absolute atomic E-state index is 12.0. The van der Waals surface area contributed by atoms with Crippen molar-refractivity contribution in [2.75, 3.05) is 0 Å². The van der Waals surface area contributed by atoms with Crippen LogP contribution < -0.4 is 5.69 Å². The number of hydrogen-bond donors (Lipinski definition) is 1. The molecule has 2 heterocycles. The number of benzene rings is 1. The van der Waals surface area contributed by atoms with Gasteiger partial charge in [0.2, 0.25) is 0 Å². The number of nitrogens with one attached hydrogen (secondary N) is 1. The minimum absolute atomic E-state index is 0.0430. The molecule has 0 fully saturated rings. The first-order valence-electron chi connectivity index (χ1n) is 7.49. The lowest BCUT2D eigenvalue weighted by molar-refractivity contribution is 0.585. The molecule has 0 bridgehead atoms. The third-order valence-corrected chi connectivity index (χ3v) is 4.59. The number of hydrogen-bond acceptors (Lipinski definition) is 5. The predicted molar refractivity (Wildman–Crippen MR) is 93.0 cm³/mol. The highest BCUT2D eigenvalue weighted by Crippen LogP contribution is 2.29. The van der Waals surface area contributed by atoms with Crippen LogP contribution in [0.15, 0.2) is 40.4 Å². The molecule has 2 aromatic heterocycles. The van der Waals surface area contributed by atoms with Gasteiger partial charge in [0.1, 0.15) is 11.6 Å². The van der Waals surface area contributed by atoms with Crippen LogP contribution in [0.4, 0.5) is 0 Å². The monoisotopic (exact) mass is 339 g/mol. The topological polar surface area (TPSA) is 86.8 Å². The molecular formula is C17H17N5OS. The van der Waals surface area contributed by atoms with Crippen molar-refractivity contribution >= 4 is 17.4 Å². The van der Waals surface area contributed by atoms with Gasteiger partial charge in [-0.15, -0.1) is 0 Å². The van der Waals surface area contributed by atoms with E-state index in [9.17, 15) is 4.79 Å². The van der Waals surface area contributed by atoms with Gasteiger partial charge in [-0.05, 0) is 16.5 Å². The Bertz CT molecular complexity index is 991. The fourth-order valence-electron chi connectivity index (χ4n) is 2.54. The van der Waals surface area contributed by atoms with Crippen molar-refractivity contribution in [2.45, 2.75) is 37.1 Å². The molecule has 3 rings (SSSR count). The van der Waals surface area contributed by atoms with Crippen LogP contribution in [0, 0.1) is 11.3 Å². The minimum Gasteiger partial charge on any atom is -0.285 e. The highest BCUT2D eigenvalue weighted by Gasteiger charge is 2.18. The van der Waals surface area contributed by atoms with Crippen molar-refractivity contribution < 1.29 is 0 Å². The Hall–Kier alpha value is -2.59. The summed E-state index contributed by atoms with van der Waals surface area (Å²) in [7, 11) is 0. The Morgan fingerprint density at radius 2 is 2.08 bits per heavy atom. The Kier molecular flexibility index (Phi) is 4.16. The molecule has 0 aliphatic rings. The number of nitriles is 1. The molecule has 1 N–H and O–H groups in total. The summed E-state index contributed by atoms with van der Waals surface area (Å²) in [6.45, 7) is 6.52. The minimum atomic E-state index is -0.395. The van der Waals surface area contributed by atoms with Crippen molar-refractivity contribution in [3.05, 3.63) is 57.6 Å². The first-order chi connectivity index (χ1) is 11.4. The number of H-pyrrole nitrogens is 1. The van der Waals surface area contributed by atoms with Gasteiger partial charge < -0.3 is 0 Å². The summed E-state index contributed by atoms with van der Waals surface area (Å²) in [6, 6.07) is 10.3. The van der Waals surface area contributed by atoms with E-state index in [2.05, 4.69) is 48.0 Å². The summed E-state index contributed by atoms with van der Waals surface area (Å²) in [5.74, 6) is 0.683. The van der Waals surface area contributed by atoms with Crippen molar-refractivity contribution in [1.82, 2.24) is 19.6 Å². The smallest absolute Gasteiger partial charge is 0.285 e. The van der Waals surface area contributed by atoms with E-state index >= 15 is 0 Å². The van der Waals surface area contributed by atoms with Gasteiger partial charge in [-0.3, -0.25) is 4.98 Å². The van der Waals surface area contributed by atoms with Crippen LogP contribution in [0.2, 0.25) is 0 Å². The molecule has 0 radical (unpaired) electrons. The molecule has 7 heteroatoms. The molecule has 1 aromatic carbocycles. The second kappa shape index (κ2) is 6.13. The number of thioether (sulfide) groups is 1. The number of aromatic nitrogens is 4. The normalized spacial score (nSPS) is 11.6. The van der Waals surface area contributed by atoms with E-state index in [-0.39, 0.29) is 16.6 Å². The van der Waals surface area contributed by atoms with E-state index in [1.54, 1.807) is 0 Å². The van der Waals surface area contributed by atoms with Crippen molar-refractivity contribution in [3.63, 3.8) is 0 Å². The molecule has 0 atom stereocenters. The van der Waals surface area contributed by atoms with E-state index in [0.29, 0.717) is 10.9 Å². The lowest BCUT2D eigenvalue weighted by Gasteiger charge is -2.22. The fraction of sp³-hybridized carbons (Fsp3) is 0.294. The summed E-state index contributed by atoms with van der Waals surface area (Å²) in [6.07, 6.45) is 1.35. The summed E-state index contributed by atoms with van der Waals surface area (Å²) in [5, 5.41) is 13.4. The van der Waals surface area contributed by atoms with Crippen LogP contribution in [0.5, 0.6) is 0 Å². The SMILES string of the molecule is CC(C)(C)c1ccccc1CSc1nc2c(C#N)cnn2c(=O)[nH]1. The van der Waals surface area contributed by atoms with Gasteiger partial charge in [-0.1, -0.05) is 56.8 Å². The molecule has 24 heavy (non-hydrogen) atoms. The van der Waals surface area contributed by atoms with E-state index in [1.165, 1.54) is 29.1 Å². The van der Waals surface area contributed by atoms with Gasteiger partial charge >= 0.3 is 5.69 Å². The summed E-state index contributed by atoms with van der Waals surface area (Å²) >= 11 is 1.44. The van der Waals surface area contributed by atoms with E-state index < -0.39 is 5.69 Å².